The molecule has 2 rings (SSSR count). The number of hydrogen-bond donors (Lipinski definition) is 1. The van der Waals surface area contributed by atoms with Crippen LogP contribution >= 0.6 is 11.6 Å². The Bertz CT molecular complexity index is 296. The van der Waals surface area contributed by atoms with Gasteiger partial charge in [0.25, 0.3) is 0 Å². The molecular weight excluding hydrogens is 170 g/mol. The molecule has 64 valence electrons. The summed E-state index contributed by atoms with van der Waals surface area (Å²) >= 11 is 5.89. The van der Waals surface area contributed by atoms with E-state index in [0.29, 0.717) is 0 Å². The van der Waals surface area contributed by atoms with Crippen LogP contribution in [0.5, 0.6) is 0 Å². The highest BCUT2D eigenvalue weighted by molar-refractivity contribution is 6.30. The van der Waals surface area contributed by atoms with Crippen molar-refractivity contribution >= 4 is 11.6 Å². The van der Waals surface area contributed by atoms with E-state index < -0.39 is 0 Å². The average Bonchev–Trinajstić information content (AvgIpc) is 2.07. The molecule has 0 bridgehead atoms. The van der Waals surface area contributed by atoms with Crippen LogP contribution in [0.2, 0.25) is 5.02 Å². The summed E-state index contributed by atoms with van der Waals surface area (Å²) in [6.45, 7) is 0. The van der Waals surface area contributed by atoms with Crippen LogP contribution in [0.1, 0.15) is 30.0 Å². The minimum Gasteiger partial charge on any atom is -0.324 e. The SMILES string of the molecule is N[C@@H]1CCCc2ccc(Cl)cc21. The van der Waals surface area contributed by atoms with E-state index in [2.05, 4.69) is 6.07 Å². The summed E-state index contributed by atoms with van der Waals surface area (Å²) < 4.78 is 0. The van der Waals surface area contributed by atoms with E-state index in [0.717, 1.165) is 17.9 Å². The summed E-state index contributed by atoms with van der Waals surface area (Å²) in [6.07, 6.45) is 3.45. The van der Waals surface area contributed by atoms with E-state index in [-0.39, 0.29) is 6.04 Å². The molecule has 1 aliphatic carbocycles. The van der Waals surface area contributed by atoms with Crippen LogP contribution in [0.3, 0.4) is 0 Å². The Labute approximate surface area is 77.5 Å². The van der Waals surface area contributed by atoms with Crippen molar-refractivity contribution in [2.75, 3.05) is 0 Å². The van der Waals surface area contributed by atoms with Crippen molar-refractivity contribution in [2.24, 2.45) is 5.73 Å². The number of halogens is 1. The smallest absolute Gasteiger partial charge is 0.0409 e. The zero-order valence-corrected chi connectivity index (χ0v) is 7.64. The number of hydrogen-bond acceptors (Lipinski definition) is 1. The maximum atomic E-state index is 5.96. The lowest BCUT2D eigenvalue weighted by Gasteiger charge is -2.21. The summed E-state index contributed by atoms with van der Waals surface area (Å²) in [5.74, 6) is 0. The fourth-order valence-electron chi connectivity index (χ4n) is 1.81. The van der Waals surface area contributed by atoms with E-state index in [1.807, 2.05) is 12.1 Å². The average molecular weight is 182 g/mol. The first-order valence-electron chi connectivity index (χ1n) is 4.31. The van der Waals surface area contributed by atoms with E-state index in [1.165, 1.54) is 17.5 Å². The molecule has 12 heavy (non-hydrogen) atoms. The summed E-state index contributed by atoms with van der Waals surface area (Å²) in [6, 6.07) is 6.24. The standard InChI is InChI=1S/C10H12ClN/c11-8-5-4-7-2-1-3-10(12)9(7)6-8/h4-6,10H,1-3,12H2/t10-/m1/s1. The zero-order chi connectivity index (χ0) is 8.55. The quantitative estimate of drug-likeness (QED) is 0.655. The molecule has 0 saturated heterocycles. The Morgan fingerprint density at radius 1 is 1.42 bits per heavy atom. The van der Waals surface area contributed by atoms with Crippen molar-refractivity contribution in [1.29, 1.82) is 0 Å². The Balaban J connectivity index is 2.47. The highest BCUT2D eigenvalue weighted by Crippen LogP contribution is 2.29. The van der Waals surface area contributed by atoms with Gasteiger partial charge >= 0.3 is 0 Å². The van der Waals surface area contributed by atoms with Crippen LogP contribution in [-0.2, 0) is 6.42 Å². The van der Waals surface area contributed by atoms with E-state index >= 15 is 0 Å². The minimum atomic E-state index is 0.201. The van der Waals surface area contributed by atoms with Crippen LogP contribution in [0.4, 0.5) is 0 Å². The van der Waals surface area contributed by atoms with E-state index in [9.17, 15) is 0 Å². The highest BCUT2D eigenvalue weighted by atomic mass is 35.5. The van der Waals surface area contributed by atoms with Gasteiger partial charge in [-0.15, -0.1) is 0 Å². The summed E-state index contributed by atoms with van der Waals surface area (Å²) in [5.41, 5.74) is 8.57. The first-order valence-corrected chi connectivity index (χ1v) is 4.69. The van der Waals surface area contributed by atoms with Gasteiger partial charge in [0.2, 0.25) is 0 Å². The lowest BCUT2D eigenvalue weighted by atomic mass is 9.88. The highest BCUT2D eigenvalue weighted by Gasteiger charge is 2.16. The number of benzene rings is 1. The number of fused-ring (bicyclic) bond motifs is 1. The molecule has 0 saturated carbocycles. The molecule has 1 atom stereocenters. The van der Waals surface area contributed by atoms with Crippen LogP contribution in [-0.4, -0.2) is 0 Å². The van der Waals surface area contributed by atoms with Gasteiger partial charge in [0, 0.05) is 11.1 Å². The fraction of sp³-hybridized carbons (Fsp3) is 0.400. The molecule has 1 aromatic carbocycles. The lowest BCUT2D eigenvalue weighted by Crippen LogP contribution is -2.17. The second-order valence-corrected chi connectivity index (χ2v) is 3.78. The molecule has 0 radical (unpaired) electrons. The number of aryl methyl sites for hydroxylation is 1. The predicted octanol–water partition coefficient (Wildman–Crippen LogP) is 2.68. The molecule has 0 spiro atoms. The van der Waals surface area contributed by atoms with Gasteiger partial charge in [0.1, 0.15) is 0 Å². The Kier molecular flexibility index (Phi) is 2.07. The van der Waals surface area contributed by atoms with Gasteiger partial charge in [-0.3, -0.25) is 0 Å². The topological polar surface area (TPSA) is 26.0 Å². The third-order valence-electron chi connectivity index (χ3n) is 2.47. The van der Waals surface area contributed by atoms with Gasteiger partial charge in [-0.1, -0.05) is 17.7 Å². The van der Waals surface area contributed by atoms with Gasteiger partial charge in [-0.2, -0.15) is 0 Å². The fourth-order valence-corrected chi connectivity index (χ4v) is 1.99. The first-order chi connectivity index (χ1) is 5.77. The van der Waals surface area contributed by atoms with Crippen molar-refractivity contribution in [3.05, 3.63) is 34.3 Å². The Morgan fingerprint density at radius 2 is 2.25 bits per heavy atom. The van der Waals surface area contributed by atoms with Crippen LogP contribution < -0.4 is 5.73 Å². The zero-order valence-electron chi connectivity index (χ0n) is 6.89. The molecule has 0 unspecified atom stereocenters. The third-order valence-corrected chi connectivity index (χ3v) is 2.70. The monoisotopic (exact) mass is 181 g/mol. The van der Waals surface area contributed by atoms with Gasteiger partial charge < -0.3 is 5.73 Å². The minimum absolute atomic E-state index is 0.201. The predicted molar refractivity (Wildman–Crippen MR) is 51.3 cm³/mol. The third kappa shape index (κ3) is 1.35. The molecule has 1 aliphatic rings. The maximum Gasteiger partial charge on any atom is 0.0409 e. The molecule has 0 aliphatic heterocycles. The Hall–Kier alpha value is -0.530. The van der Waals surface area contributed by atoms with E-state index in [4.69, 9.17) is 17.3 Å². The molecule has 0 heterocycles. The van der Waals surface area contributed by atoms with Gasteiger partial charge in [0.05, 0.1) is 0 Å². The molecule has 1 aromatic rings. The summed E-state index contributed by atoms with van der Waals surface area (Å²) in [5, 5.41) is 0.797. The lowest BCUT2D eigenvalue weighted by molar-refractivity contribution is 0.570. The van der Waals surface area contributed by atoms with Crippen LogP contribution in [0, 0.1) is 0 Å². The number of rotatable bonds is 0. The van der Waals surface area contributed by atoms with Crippen LogP contribution in [0.15, 0.2) is 18.2 Å². The van der Waals surface area contributed by atoms with Gasteiger partial charge in [0.15, 0.2) is 0 Å². The Morgan fingerprint density at radius 3 is 3.08 bits per heavy atom. The second-order valence-electron chi connectivity index (χ2n) is 3.34. The van der Waals surface area contributed by atoms with Gasteiger partial charge in [-0.25, -0.2) is 0 Å². The van der Waals surface area contributed by atoms with Crippen molar-refractivity contribution in [2.45, 2.75) is 25.3 Å². The molecule has 0 amide bonds. The molecule has 2 heteroatoms. The van der Waals surface area contributed by atoms with Gasteiger partial charge in [-0.05, 0) is 42.5 Å². The number of nitrogens with two attached hydrogens (primary N) is 1. The van der Waals surface area contributed by atoms with Crippen molar-refractivity contribution in [3.8, 4) is 0 Å². The molecule has 0 aromatic heterocycles. The van der Waals surface area contributed by atoms with Crippen LogP contribution in [0.25, 0.3) is 0 Å². The van der Waals surface area contributed by atoms with E-state index in [1.54, 1.807) is 0 Å². The summed E-state index contributed by atoms with van der Waals surface area (Å²) in [4.78, 5) is 0. The molecular formula is C10H12ClN. The summed E-state index contributed by atoms with van der Waals surface area (Å²) in [7, 11) is 0. The maximum absolute atomic E-state index is 5.96. The molecule has 2 N–H and O–H groups in total. The normalized spacial score (nSPS) is 22.0. The van der Waals surface area contributed by atoms with Crippen molar-refractivity contribution in [3.63, 3.8) is 0 Å². The second kappa shape index (κ2) is 3.08. The molecule has 0 fully saturated rings. The molecule has 1 nitrogen and oxygen atoms in total. The first kappa shape index (κ1) is 8.09. The van der Waals surface area contributed by atoms with Crippen molar-refractivity contribution in [1.82, 2.24) is 0 Å². The van der Waals surface area contributed by atoms with Crippen molar-refractivity contribution < 1.29 is 0 Å². The largest absolute Gasteiger partial charge is 0.324 e.